The van der Waals surface area contributed by atoms with E-state index in [9.17, 15) is 9.90 Å². The van der Waals surface area contributed by atoms with Gasteiger partial charge in [-0.25, -0.2) is 0 Å². The molecular formula is C16H16N4O3. The monoisotopic (exact) mass is 312 g/mol. The molecule has 0 amide bonds. The Labute approximate surface area is 132 Å². The molecule has 1 N–H and O–H groups in total. The summed E-state index contributed by atoms with van der Waals surface area (Å²) < 4.78 is 6.83. The quantitative estimate of drug-likeness (QED) is 0.773. The van der Waals surface area contributed by atoms with Crippen LogP contribution >= 0.6 is 0 Å². The normalized spacial score (nSPS) is 10.8. The molecule has 0 aliphatic heterocycles. The van der Waals surface area contributed by atoms with Crippen molar-refractivity contribution in [1.29, 1.82) is 0 Å². The van der Waals surface area contributed by atoms with Crippen LogP contribution in [0.3, 0.4) is 0 Å². The Morgan fingerprint density at radius 2 is 2.22 bits per heavy atom. The van der Waals surface area contributed by atoms with Gasteiger partial charge in [0.25, 0.3) is 5.56 Å². The molecule has 0 saturated carbocycles. The third kappa shape index (κ3) is 3.45. The first kappa shape index (κ1) is 15.0. The smallest absolute Gasteiger partial charge is 0.254 e. The molecule has 3 aromatic heterocycles. The topological polar surface area (TPSA) is 94.0 Å². The fraction of sp³-hybridized carbons (Fsp3) is 0.250. The highest BCUT2D eigenvalue weighted by Crippen LogP contribution is 2.14. The Balaban J connectivity index is 1.64. The average molecular weight is 312 g/mol. The summed E-state index contributed by atoms with van der Waals surface area (Å²) in [5.74, 6) is 1.01. The Kier molecular flexibility index (Phi) is 4.18. The lowest BCUT2D eigenvalue weighted by atomic mass is 10.2. The second kappa shape index (κ2) is 6.43. The molecule has 0 bridgehead atoms. The average Bonchev–Trinajstić information content (AvgIpc) is 2.99. The summed E-state index contributed by atoms with van der Waals surface area (Å²) >= 11 is 0. The van der Waals surface area contributed by atoms with Crippen molar-refractivity contribution in [2.24, 2.45) is 0 Å². The minimum Gasteiger partial charge on any atom is -0.508 e. The van der Waals surface area contributed by atoms with E-state index in [1.165, 1.54) is 6.07 Å². The van der Waals surface area contributed by atoms with Crippen LogP contribution < -0.4 is 5.56 Å². The summed E-state index contributed by atoms with van der Waals surface area (Å²) in [6.45, 7) is 2.31. The molecule has 0 aliphatic rings. The highest BCUT2D eigenvalue weighted by Gasteiger charge is 2.09. The van der Waals surface area contributed by atoms with Gasteiger partial charge >= 0.3 is 0 Å². The lowest BCUT2D eigenvalue weighted by Crippen LogP contribution is -2.21. The third-order valence-corrected chi connectivity index (χ3v) is 3.48. The van der Waals surface area contributed by atoms with Crippen molar-refractivity contribution in [3.63, 3.8) is 0 Å². The van der Waals surface area contributed by atoms with E-state index in [4.69, 9.17) is 4.52 Å². The molecule has 3 aromatic rings. The van der Waals surface area contributed by atoms with Crippen LogP contribution in [-0.4, -0.2) is 24.8 Å². The largest absolute Gasteiger partial charge is 0.508 e. The zero-order valence-corrected chi connectivity index (χ0v) is 12.6. The molecule has 0 aliphatic carbocycles. The van der Waals surface area contributed by atoms with Crippen molar-refractivity contribution in [2.75, 3.05) is 0 Å². The van der Waals surface area contributed by atoms with E-state index in [2.05, 4.69) is 15.1 Å². The first-order valence-electron chi connectivity index (χ1n) is 7.27. The summed E-state index contributed by atoms with van der Waals surface area (Å²) in [5.41, 5.74) is 1.30. The van der Waals surface area contributed by atoms with E-state index in [1.807, 2.05) is 12.1 Å². The number of hydrogen-bond acceptors (Lipinski definition) is 6. The van der Waals surface area contributed by atoms with Crippen LogP contribution in [0.25, 0.3) is 11.4 Å². The second-order valence-corrected chi connectivity index (χ2v) is 5.20. The molecule has 0 atom stereocenters. The molecular weight excluding hydrogens is 296 g/mol. The van der Waals surface area contributed by atoms with Crippen molar-refractivity contribution in [3.8, 4) is 17.1 Å². The fourth-order valence-electron chi connectivity index (χ4n) is 2.36. The van der Waals surface area contributed by atoms with E-state index >= 15 is 0 Å². The Morgan fingerprint density at radius 3 is 2.96 bits per heavy atom. The summed E-state index contributed by atoms with van der Waals surface area (Å²) in [6.07, 6.45) is 4.61. The molecule has 0 radical (unpaired) electrons. The highest BCUT2D eigenvalue weighted by molar-refractivity contribution is 5.51. The zero-order valence-electron chi connectivity index (χ0n) is 12.6. The molecule has 118 valence electrons. The number of rotatable bonds is 5. The maximum Gasteiger partial charge on any atom is 0.254 e. The summed E-state index contributed by atoms with van der Waals surface area (Å²) in [5, 5.41) is 13.3. The van der Waals surface area contributed by atoms with Crippen molar-refractivity contribution in [1.82, 2.24) is 19.7 Å². The van der Waals surface area contributed by atoms with Gasteiger partial charge in [-0.15, -0.1) is 0 Å². The number of nitrogens with zero attached hydrogens (tertiary/aromatic N) is 4. The van der Waals surface area contributed by atoms with E-state index < -0.39 is 0 Å². The maximum atomic E-state index is 11.8. The molecule has 0 spiro atoms. The molecule has 7 nitrogen and oxygen atoms in total. The maximum absolute atomic E-state index is 11.8. The van der Waals surface area contributed by atoms with Gasteiger partial charge < -0.3 is 14.2 Å². The first-order chi connectivity index (χ1) is 11.1. The number of aromatic nitrogens is 4. The summed E-state index contributed by atoms with van der Waals surface area (Å²) in [7, 11) is 0. The summed E-state index contributed by atoms with van der Waals surface area (Å²) in [4.78, 5) is 20.2. The minimum absolute atomic E-state index is 0.0123. The molecule has 0 fully saturated rings. The number of pyridine rings is 2. The van der Waals surface area contributed by atoms with E-state index in [0.29, 0.717) is 31.1 Å². The van der Waals surface area contributed by atoms with Crippen LogP contribution in [0.1, 0.15) is 18.0 Å². The highest BCUT2D eigenvalue weighted by atomic mass is 16.5. The lowest BCUT2D eigenvalue weighted by Gasteiger charge is -2.08. The van der Waals surface area contributed by atoms with Crippen LogP contribution in [0, 0.1) is 6.92 Å². The van der Waals surface area contributed by atoms with Gasteiger partial charge in [0.15, 0.2) is 0 Å². The van der Waals surface area contributed by atoms with E-state index in [0.717, 1.165) is 11.3 Å². The predicted molar refractivity (Wildman–Crippen MR) is 83.0 cm³/mol. The predicted octanol–water partition coefficient (Wildman–Crippen LogP) is 1.94. The van der Waals surface area contributed by atoms with Gasteiger partial charge in [0, 0.05) is 42.7 Å². The van der Waals surface area contributed by atoms with Crippen LogP contribution in [0.4, 0.5) is 0 Å². The van der Waals surface area contributed by atoms with Gasteiger partial charge in [-0.3, -0.25) is 9.78 Å². The molecule has 0 unspecified atom stereocenters. The Bertz CT molecular complexity index is 855. The van der Waals surface area contributed by atoms with Crippen LogP contribution in [0.15, 0.2) is 46.0 Å². The minimum atomic E-state index is -0.218. The first-order valence-corrected chi connectivity index (χ1v) is 7.27. The van der Waals surface area contributed by atoms with Crippen LogP contribution in [-0.2, 0) is 13.0 Å². The van der Waals surface area contributed by atoms with E-state index in [-0.39, 0.29) is 11.3 Å². The van der Waals surface area contributed by atoms with Gasteiger partial charge in [-0.2, -0.15) is 4.98 Å². The van der Waals surface area contributed by atoms with Crippen molar-refractivity contribution in [2.45, 2.75) is 26.3 Å². The van der Waals surface area contributed by atoms with Crippen molar-refractivity contribution >= 4 is 0 Å². The lowest BCUT2D eigenvalue weighted by molar-refractivity contribution is 0.372. The molecule has 3 heterocycles. The number of aromatic hydroxyl groups is 1. The standard InChI is InChI=1S/C16H16N4O3/c1-11-8-13(21)9-15(22)20(11)7-3-5-14-18-16(19-23-14)12-4-2-6-17-10-12/h2,4,6,8-10,21H,3,5,7H2,1H3. The zero-order chi connectivity index (χ0) is 16.2. The molecule has 0 aromatic carbocycles. The second-order valence-electron chi connectivity index (χ2n) is 5.20. The number of aryl methyl sites for hydroxylation is 2. The van der Waals surface area contributed by atoms with Gasteiger partial charge in [-0.1, -0.05) is 5.16 Å². The van der Waals surface area contributed by atoms with Crippen molar-refractivity contribution < 1.29 is 9.63 Å². The van der Waals surface area contributed by atoms with Crippen LogP contribution in [0.2, 0.25) is 0 Å². The Morgan fingerprint density at radius 1 is 1.35 bits per heavy atom. The molecule has 3 rings (SSSR count). The SMILES string of the molecule is Cc1cc(O)cc(=O)n1CCCc1nc(-c2cccnc2)no1. The number of hydrogen-bond donors (Lipinski definition) is 1. The van der Waals surface area contributed by atoms with Gasteiger partial charge in [-0.05, 0) is 31.5 Å². The van der Waals surface area contributed by atoms with Gasteiger partial charge in [0.1, 0.15) is 5.75 Å². The molecule has 7 heteroatoms. The molecule has 0 saturated heterocycles. The molecule has 23 heavy (non-hydrogen) atoms. The van der Waals surface area contributed by atoms with E-state index in [1.54, 1.807) is 30.0 Å². The summed E-state index contributed by atoms with van der Waals surface area (Å²) in [6, 6.07) is 6.45. The van der Waals surface area contributed by atoms with Crippen LogP contribution in [0.5, 0.6) is 5.75 Å². The third-order valence-electron chi connectivity index (χ3n) is 3.48. The van der Waals surface area contributed by atoms with Gasteiger partial charge in [0.05, 0.1) is 0 Å². The van der Waals surface area contributed by atoms with Crippen molar-refractivity contribution in [3.05, 3.63) is 58.6 Å². The Hall–Kier alpha value is -2.96. The fourth-order valence-corrected chi connectivity index (χ4v) is 2.36. The van der Waals surface area contributed by atoms with Gasteiger partial charge in [0.2, 0.25) is 11.7 Å².